The summed E-state index contributed by atoms with van der Waals surface area (Å²) in [6.07, 6.45) is 0. The second-order valence-corrected chi connectivity index (χ2v) is 3.15. The topological polar surface area (TPSA) is 29.1 Å². The summed E-state index contributed by atoms with van der Waals surface area (Å²) in [5.74, 6) is -0.130. The second-order valence-electron chi connectivity index (χ2n) is 2.15. The Morgan fingerprint density at radius 1 is 1.58 bits per heavy atom. The van der Waals surface area contributed by atoms with E-state index in [4.69, 9.17) is 11.6 Å². The van der Waals surface area contributed by atoms with Gasteiger partial charge in [0.05, 0.1) is 5.45 Å². The molecule has 1 amide bonds. The molecule has 0 saturated carbocycles. The zero-order valence-corrected chi connectivity index (χ0v) is 8.52. The summed E-state index contributed by atoms with van der Waals surface area (Å²) in [5.41, 5.74) is 1.01. The van der Waals surface area contributed by atoms with Crippen LogP contribution in [0.25, 0.3) is 0 Å². The van der Waals surface area contributed by atoms with Crippen molar-refractivity contribution in [2.75, 3.05) is 5.45 Å². The van der Waals surface area contributed by atoms with E-state index < -0.39 is 0 Å². The second kappa shape index (κ2) is 4.48. The number of benzene rings is 1. The lowest BCUT2D eigenvalue weighted by Crippen LogP contribution is -2.21. The van der Waals surface area contributed by atoms with Crippen molar-refractivity contribution >= 4 is 33.4 Å². The zero-order valence-electron chi connectivity index (χ0n) is 6.18. The SMILES string of the molecule is O=C(NCBr)c1cccc(Cl)c1. The monoisotopic (exact) mass is 247 g/mol. The van der Waals surface area contributed by atoms with Gasteiger partial charge in [-0.3, -0.25) is 4.79 Å². The molecule has 0 heterocycles. The Hall–Kier alpha value is -0.540. The molecule has 0 atom stereocenters. The first-order valence-electron chi connectivity index (χ1n) is 3.34. The van der Waals surface area contributed by atoms with Gasteiger partial charge in [-0.15, -0.1) is 0 Å². The van der Waals surface area contributed by atoms with Gasteiger partial charge in [-0.1, -0.05) is 33.6 Å². The Morgan fingerprint density at radius 2 is 2.33 bits per heavy atom. The molecule has 1 rings (SSSR count). The summed E-state index contributed by atoms with van der Waals surface area (Å²) < 4.78 is 0. The van der Waals surface area contributed by atoms with Crippen LogP contribution in [0.15, 0.2) is 24.3 Å². The van der Waals surface area contributed by atoms with E-state index in [1.54, 1.807) is 24.3 Å². The molecule has 0 radical (unpaired) electrons. The molecule has 0 spiro atoms. The molecule has 1 aromatic rings. The van der Waals surface area contributed by atoms with E-state index in [1.807, 2.05) is 0 Å². The number of carbonyl (C=O) groups excluding carboxylic acids is 1. The molecule has 4 heteroatoms. The predicted octanol–water partition coefficient (Wildman–Crippen LogP) is 2.42. The molecule has 0 saturated heterocycles. The van der Waals surface area contributed by atoms with Crippen molar-refractivity contribution in [1.29, 1.82) is 0 Å². The van der Waals surface area contributed by atoms with E-state index in [9.17, 15) is 4.79 Å². The first kappa shape index (κ1) is 9.55. The van der Waals surface area contributed by atoms with Crippen molar-refractivity contribution in [2.45, 2.75) is 0 Å². The van der Waals surface area contributed by atoms with E-state index in [0.29, 0.717) is 16.0 Å². The van der Waals surface area contributed by atoms with Crippen LogP contribution in [0.5, 0.6) is 0 Å². The van der Waals surface area contributed by atoms with Gasteiger partial charge in [0.2, 0.25) is 0 Å². The van der Waals surface area contributed by atoms with Crippen LogP contribution in [0.1, 0.15) is 10.4 Å². The fourth-order valence-corrected chi connectivity index (χ4v) is 1.24. The Kier molecular flexibility index (Phi) is 3.56. The van der Waals surface area contributed by atoms with E-state index in [-0.39, 0.29) is 5.91 Å². The number of hydrogen-bond acceptors (Lipinski definition) is 1. The Balaban J connectivity index is 2.81. The number of rotatable bonds is 2. The summed E-state index contributed by atoms with van der Waals surface area (Å²) in [4.78, 5) is 11.2. The van der Waals surface area contributed by atoms with Crippen molar-refractivity contribution < 1.29 is 4.79 Å². The summed E-state index contributed by atoms with van der Waals surface area (Å²) in [6, 6.07) is 6.81. The molecule has 0 unspecified atom stereocenters. The molecule has 2 nitrogen and oxygen atoms in total. The smallest absolute Gasteiger partial charge is 0.251 e. The lowest BCUT2D eigenvalue weighted by Gasteiger charge is -2.00. The highest BCUT2D eigenvalue weighted by Crippen LogP contribution is 2.10. The highest BCUT2D eigenvalue weighted by atomic mass is 79.9. The van der Waals surface area contributed by atoms with Crippen LogP contribution in [-0.2, 0) is 0 Å². The average Bonchev–Trinajstić information content (AvgIpc) is 2.05. The van der Waals surface area contributed by atoms with Gasteiger partial charge in [0.25, 0.3) is 5.91 Å². The Morgan fingerprint density at radius 3 is 2.92 bits per heavy atom. The highest BCUT2D eigenvalue weighted by molar-refractivity contribution is 9.09. The molecule has 0 fully saturated rings. The van der Waals surface area contributed by atoms with Gasteiger partial charge in [0.1, 0.15) is 0 Å². The van der Waals surface area contributed by atoms with Gasteiger partial charge in [-0.25, -0.2) is 0 Å². The van der Waals surface area contributed by atoms with Gasteiger partial charge in [0, 0.05) is 10.6 Å². The average molecular weight is 249 g/mol. The molecule has 64 valence electrons. The largest absolute Gasteiger partial charge is 0.342 e. The third-order valence-corrected chi connectivity index (χ3v) is 1.83. The number of carbonyl (C=O) groups is 1. The lowest BCUT2D eigenvalue weighted by molar-refractivity contribution is 0.0961. The first-order valence-corrected chi connectivity index (χ1v) is 4.83. The van der Waals surface area contributed by atoms with Crippen LogP contribution < -0.4 is 5.32 Å². The molecule has 1 aromatic carbocycles. The van der Waals surface area contributed by atoms with E-state index >= 15 is 0 Å². The lowest BCUT2D eigenvalue weighted by atomic mass is 10.2. The zero-order chi connectivity index (χ0) is 8.97. The summed E-state index contributed by atoms with van der Waals surface area (Å²) in [6.45, 7) is 0. The maximum Gasteiger partial charge on any atom is 0.251 e. The minimum absolute atomic E-state index is 0.130. The van der Waals surface area contributed by atoms with Crippen LogP contribution in [-0.4, -0.2) is 11.4 Å². The predicted molar refractivity (Wildman–Crippen MR) is 52.7 cm³/mol. The minimum atomic E-state index is -0.130. The van der Waals surface area contributed by atoms with Gasteiger partial charge < -0.3 is 5.32 Å². The summed E-state index contributed by atoms with van der Waals surface area (Å²) in [7, 11) is 0. The number of amides is 1. The van der Waals surface area contributed by atoms with E-state index in [2.05, 4.69) is 21.2 Å². The summed E-state index contributed by atoms with van der Waals surface area (Å²) in [5, 5.41) is 3.17. The molecular weight excluding hydrogens is 241 g/mol. The number of nitrogens with one attached hydrogen (secondary N) is 1. The molecule has 0 aromatic heterocycles. The van der Waals surface area contributed by atoms with Gasteiger partial charge in [-0.05, 0) is 18.2 Å². The Bertz CT molecular complexity index is 290. The first-order chi connectivity index (χ1) is 5.74. The molecule has 0 aliphatic carbocycles. The standard InChI is InChI=1S/C8H7BrClNO/c9-5-11-8(12)6-2-1-3-7(10)4-6/h1-4H,5H2,(H,11,12). The third-order valence-electron chi connectivity index (χ3n) is 1.31. The Labute approximate surface area is 84.0 Å². The van der Waals surface area contributed by atoms with Gasteiger partial charge in [-0.2, -0.15) is 0 Å². The minimum Gasteiger partial charge on any atom is -0.342 e. The fraction of sp³-hybridized carbons (Fsp3) is 0.125. The van der Waals surface area contributed by atoms with Crippen LogP contribution in [0.4, 0.5) is 0 Å². The van der Waals surface area contributed by atoms with E-state index in [1.165, 1.54) is 0 Å². The normalized spacial score (nSPS) is 9.50. The fourth-order valence-electron chi connectivity index (χ4n) is 0.792. The van der Waals surface area contributed by atoms with Crippen LogP contribution in [0.3, 0.4) is 0 Å². The molecule has 12 heavy (non-hydrogen) atoms. The highest BCUT2D eigenvalue weighted by Gasteiger charge is 2.02. The van der Waals surface area contributed by atoms with Gasteiger partial charge in [0.15, 0.2) is 0 Å². The molecular formula is C8H7BrClNO. The molecule has 0 aliphatic rings. The number of halogens is 2. The van der Waals surface area contributed by atoms with E-state index in [0.717, 1.165) is 0 Å². The van der Waals surface area contributed by atoms with Crippen molar-refractivity contribution in [1.82, 2.24) is 5.32 Å². The van der Waals surface area contributed by atoms with Crippen molar-refractivity contribution in [3.8, 4) is 0 Å². The van der Waals surface area contributed by atoms with Crippen molar-refractivity contribution in [3.63, 3.8) is 0 Å². The molecule has 0 bridgehead atoms. The third kappa shape index (κ3) is 2.50. The number of alkyl halides is 1. The van der Waals surface area contributed by atoms with Crippen LogP contribution >= 0.6 is 27.5 Å². The maximum absolute atomic E-state index is 11.2. The summed E-state index contributed by atoms with van der Waals surface area (Å²) >= 11 is 8.80. The van der Waals surface area contributed by atoms with Crippen LogP contribution in [0.2, 0.25) is 5.02 Å². The van der Waals surface area contributed by atoms with Crippen molar-refractivity contribution in [3.05, 3.63) is 34.9 Å². The molecule has 1 N–H and O–H groups in total. The quantitative estimate of drug-likeness (QED) is 0.632. The molecule has 0 aliphatic heterocycles. The van der Waals surface area contributed by atoms with Gasteiger partial charge >= 0.3 is 0 Å². The van der Waals surface area contributed by atoms with Crippen molar-refractivity contribution in [2.24, 2.45) is 0 Å². The number of hydrogen-bond donors (Lipinski definition) is 1. The van der Waals surface area contributed by atoms with Crippen LogP contribution in [0, 0.1) is 0 Å². The maximum atomic E-state index is 11.2.